The molecule has 0 fully saturated rings. The Morgan fingerprint density at radius 1 is 1.20 bits per heavy atom. The molecule has 0 radical (unpaired) electrons. The highest BCUT2D eigenvalue weighted by molar-refractivity contribution is 6.43. The molecule has 2 nitrogen and oxygen atoms in total. The molecule has 2 aromatic carbocycles. The summed E-state index contributed by atoms with van der Waals surface area (Å²) in [6, 6.07) is 9.25. The monoisotopic (exact) mass is 310 g/mol. The summed E-state index contributed by atoms with van der Waals surface area (Å²) in [4.78, 5) is 10.5. The zero-order valence-corrected chi connectivity index (χ0v) is 11.6. The highest BCUT2D eigenvalue weighted by Gasteiger charge is 2.08. The molecule has 102 valence electrons. The molecule has 0 atom stereocenters. The molecular formula is C15H9Cl2FO2. The average Bonchev–Trinajstić information content (AvgIpc) is 2.39. The van der Waals surface area contributed by atoms with Gasteiger partial charge in [-0.3, -0.25) is 0 Å². The van der Waals surface area contributed by atoms with Gasteiger partial charge in [-0.15, -0.1) is 0 Å². The zero-order valence-electron chi connectivity index (χ0n) is 10.1. The van der Waals surface area contributed by atoms with Crippen molar-refractivity contribution < 1.29 is 14.3 Å². The van der Waals surface area contributed by atoms with Gasteiger partial charge < -0.3 is 5.11 Å². The van der Waals surface area contributed by atoms with Crippen LogP contribution in [0.15, 0.2) is 42.5 Å². The Labute approximate surface area is 125 Å². The quantitative estimate of drug-likeness (QED) is 0.819. The highest BCUT2D eigenvalue weighted by atomic mass is 35.5. The predicted molar refractivity (Wildman–Crippen MR) is 78.5 cm³/mol. The number of carboxylic acid groups (broad SMARTS) is 1. The van der Waals surface area contributed by atoms with Crippen LogP contribution >= 0.6 is 23.2 Å². The molecule has 2 aromatic rings. The van der Waals surface area contributed by atoms with E-state index in [1.54, 1.807) is 24.3 Å². The van der Waals surface area contributed by atoms with E-state index in [1.807, 2.05) is 0 Å². The van der Waals surface area contributed by atoms with Crippen LogP contribution in [0.4, 0.5) is 4.39 Å². The second-order valence-electron chi connectivity index (χ2n) is 4.05. The van der Waals surface area contributed by atoms with E-state index in [1.165, 1.54) is 18.2 Å². The minimum atomic E-state index is -1.10. The molecule has 0 aliphatic heterocycles. The molecule has 0 spiro atoms. The van der Waals surface area contributed by atoms with E-state index in [9.17, 15) is 9.18 Å². The van der Waals surface area contributed by atoms with Crippen LogP contribution in [0.1, 0.15) is 5.56 Å². The van der Waals surface area contributed by atoms with Crippen molar-refractivity contribution in [1.29, 1.82) is 0 Å². The first-order chi connectivity index (χ1) is 9.47. The molecule has 0 bridgehead atoms. The molecule has 20 heavy (non-hydrogen) atoms. The van der Waals surface area contributed by atoms with Crippen molar-refractivity contribution in [1.82, 2.24) is 0 Å². The van der Waals surface area contributed by atoms with E-state index < -0.39 is 11.8 Å². The van der Waals surface area contributed by atoms with E-state index >= 15 is 0 Å². The van der Waals surface area contributed by atoms with Crippen LogP contribution in [0.25, 0.3) is 17.2 Å². The molecule has 0 aliphatic rings. The van der Waals surface area contributed by atoms with Crippen LogP contribution in [0.3, 0.4) is 0 Å². The second kappa shape index (κ2) is 6.07. The zero-order chi connectivity index (χ0) is 14.7. The number of benzene rings is 2. The van der Waals surface area contributed by atoms with E-state index in [2.05, 4.69) is 0 Å². The summed E-state index contributed by atoms with van der Waals surface area (Å²) >= 11 is 12.0. The molecule has 0 unspecified atom stereocenters. The third kappa shape index (κ3) is 3.38. The normalized spacial score (nSPS) is 10.9. The summed E-state index contributed by atoms with van der Waals surface area (Å²) in [5.41, 5.74) is 1.55. The van der Waals surface area contributed by atoms with Gasteiger partial charge >= 0.3 is 5.97 Å². The van der Waals surface area contributed by atoms with Crippen LogP contribution in [0, 0.1) is 5.82 Å². The Hall–Kier alpha value is -1.84. The largest absolute Gasteiger partial charge is 0.478 e. The topological polar surface area (TPSA) is 37.3 Å². The van der Waals surface area contributed by atoms with Gasteiger partial charge in [-0.05, 0) is 41.5 Å². The molecule has 0 saturated heterocycles. The van der Waals surface area contributed by atoms with Crippen molar-refractivity contribution in [3.63, 3.8) is 0 Å². The fourth-order valence-electron chi connectivity index (χ4n) is 1.76. The van der Waals surface area contributed by atoms with Gasteiger partial charge in [-0.25, -0.2) is 9.18 Å². The smallest absolute Gasteiger partial charge is 0.328 e. The highest BCUT2D eigenvalue weighted by Crippen LogP contribution is 2.34. The number of aliphatic carboxylic acids is 1. The summed E-state index contributed by atoms with van der Waals surface area (Å²) in [7, 11) is 0. The first-order valence-electron chi connectivity index (χ1n) is 5.63. The van der Waals surface area contributed by atoms with Crippen molar-refractivity contribution in [3.05, 3.63) is 63.9 Å². The lowest BCUT2D eigenvalue weighted by Crippen LogP contribution is -1.88. The number of hydrogen-bond acceptors (Lipinski definition) is 1. The van der Waals surface area contributed by atoms with Crippen molar-refractivity contribution in [2.24, 2.45) is 0 Å². The van der Waals surface area contributed by atoms with Crippen LogP contribution in [0.2, 0.25) is 10.0 Å². The van der Waals surface area contributed by atoms with Crippen LogP contribution in [-0.4, -0.2) is 11.1 Å². The van der Waals surface area contributed by atoms with Crippen molar-refractivity contribution in [3.8, 4) is 11.1 Å². The molecule has 0 aromatic heterocycles. The summed E-state index contributed by atoms with van der Waals surface area (Å²) < 4.78 is 13.6. The Morgan fingerprint density at radius 2 is 1.95 bits per heavy atom. The Bertz CT molecular complexity index is 696. The maximum absolute atomic E-state index is 13.6. The lowest BCUT2D eigenvalue weighted by atomic mass is 10.0. The lowest BCUT2D eigenvalue weighted by Gasteiger charge is -2.07. The van der Waals surface area contributed by atoms with Crippen molar-refractivity contribution in [2.75, 3.05) is 0 Å². The van der Waals surface area contributed by atoms with Crippen molar-refractivity contribution >= 4 is 35.2 Å². The van der Waals surface area contributed by atoms with E-state index in [0.717, 1.165) is 6.08 Å². The molecule has 2 rings (SSSR count). The third-order valence-corrected chi connectivity index (χ3v) is 3.42. The third-order valence-electron chi connectivity index (χ3n) is 2.60. The number of carboxylic acids is 1. The summed E-state index contributed by atoms with van der Waals surface area (Å²) in [6.45, 7) is 0. The van der Waals surface area contributed by atoms with Crippen LogP contribution in [-0.2, 0) is 4.79 Å². The minimum absolute atomic E-state index is 0.327. The van der Waals surface area contributed by atoms with Gasteiger partial charge in [-0.2, -0.15) is 0 Å². The van der Waals surface area contributed by atoms with Gasteiger partial charge in [0.2, 0.25) is 0 Å². The fourth-order valence-corrected chi connectivity index (χ4v) is 2.17. The first-order valence-corrected chi connectivity index (χ1v) is 6.39. The molecule has 0 amide bonds. The van der Waals surface area contributed by atoms with Gasteiger partial charge in [-0.1, -0.05) is 35.3 Å². The Morgan fingerprint density at radius 3 is 2.65 bits per heavy atom. The molecule has 0 heterocycles. The second-order valence-corrected chi connectivity index (χ2v) is 4.83. The fraction of sp³-hybridized carbons (Fsp3) is 0. The number of carbonyl (C=O) groups is 1. The van der Waals surface area contributed by atoms with E-state index in [0.29, 0.717) is 26.7 Å². The van der Waals surface area contributed by atoms with Crippen LogP contribution in [0.5, 0.6) is 0 Å². The van der Waals surface area contributed by atoms with Crippen molar-refractivity contribution in [2.45, 2.75) is 0 Å². The summed E-state index contributed by atoms with van der Waals surface area (Å²) in [5, 5.41) is 9.29. The SMILES string of the molecule is O=C(O)/C=C/c1cc(F)cc(-c2cccc(Cl)c2Cl)c1. The van der Waals surface area contributed by atoms with Gasteiger partial charge in [0.25, 0.3) is 0 Å². The van der Waals surface area contributed by atoms with Crippen LogP contribution < -0.4 is 0 Å². The molecular weight excluding hydrogens is 302 g/mol. The van der Waals surface area contributed by atoms with E-state index in [4.69, 9.17) is 28.3 Å². The first kappa shape index (κ1) is 14.6. The van der Waals surface area contributed by atoms with Gasteiger partial charge in [0.1, 0.15) is 5.82 Å². The summed E-state index contributed by atoms with van der Waals surface area (Å²) in [6.07, 6.45) is 2.26. The van der Waals surface area contributed by atoms with Gasteiger partial charge in [0, 0.05) is 11.6 Å². The Balaban J connectivity index is 2.52. The Kier molecular flexibility index (Phi) is 4.42. The molecule has 5 heteroatoms. The minimum Gasteiger partial charge on any atom is -0.478 e. The molecule has 1 N–H and O–H groups in total. The van der Waals surface area contributed by atoms with Gasteiger partial charge in [0.15, 0.2) is 0 Å². The van der Waals surface area contributed by atoms with E-state index in [-0.39, 0.29) is 0 Å². The maximum Gasteiger partial charge on any atom is 0.328 e. The predicted octanol–water partition coefficient (Wildman–Crippen LogP) is 4.90. The number of hydrogen-bond donors (Lipinski definition) is 1. The average molecular weight is 311 g/mol. The maximum atomic E-state index is 13.6. The number of halogens is 3. The standard InChI is InChI=1S/C15H9Cl2FO2/c16-13-3-1-2-12(15(13)17)10-6-9(4-5-14(19)20)7-11(18)8-10/h1-8H,(H,19,20)/b5-4+. The number of rotatable bonds is 3. The molecule has 0 aliphatic carbocycles. The van der Waals surface area contributed by atoms with Gasteiger partial charge in [0.05, 0.1) is 10.0 Å². The summed E-state index contributed by atoms with van der Waals surface area (Å²) in [5.74, 6) is -1.58. The lowest BCUT2D eigenvalue weighted by molar-refractivity contribution is -0.131. The molecule has 0 saturated carbocycles.